The van der Waals surface area contributed by atoms with Crippen LogP contribution in [0.25, 0.3) is 33.4 Å². The number of phenolic OH excluding ortho intramolecular Hbond substituents is 2. The summed E-state index contributed by atoms with van der Waals surface area (Å²) in [7, 11) is 0. The van der Waals surface area contributed by atoms with Crippen LogP contribution in [-0.4, -0.2) is 10.2 Å². The maximum absolute atomic E-state index is 10.9. The fourth-order valence-electron chi connectivity index (χ4n) is 3.80. The molecule has 4 aromatic rings. The number of rotatable bonds is 3. The van der Waals surface area contributed by atoms with E-state index in [2.05, 4.69) is 62.4 Å². The molecule has 0 amide bonds. The van der Waals surface area contributed by atoms with E-state index in [4.69, 9.17) is 0 Å². The van der Waals surface area contributed by atoms with E-state index in [1.807, 2.05) is 38.1 Å². The zero-order valence-electron chi connectivity index (χ0n) is 17.8. The molecule has 2 nitrogen and oxygen atoms in total. The van der Waals surface area contributed by atoms with Gasteiger partial charge in [-0.05, 0) is 85.3 Å². The minimum Gasteiger partial charge on any atom is -0.507 e. The van der Waals surface area contributed by atoms with Crippen molar-refractivity contribution in [3.63, 3.8) is 0 Å². The average molecular weight is 395 g/mol. The van der Waals surface area contributed by atoms with Crippen LogP contribution in [0.2, 0.25) is 0 Å². The lowest BCUT2D eigenvalue weighted by atomic mass is 9.91. The van der Waals surface area contributed by atoms with Crippen molar-refractivity contribution in [2.24, 2.45) is 0 Å². The third-order valence-corrected chi connectivity index (χ3v) is 5.66. The van der Waals surface area contributed by atoms with Crippen LogP contribution in [0.15, 0.2) is 72.8 Å². The fourth-order valence-corrected chi connectivity index (χ4v) is 3.80. The number of hydrogen-bond donors (Lipinski definition) is 2. The highest BCUT2D eigenvalue weighted by Crippen LogP contribution is 2.43. The molecule has 0 aromatic heterocycles. The van der Waals surface area contributed by atoms with Gasteiger partial charge in [-0.25, -0.2) is 0 Å². The molecular formula is C28H26O2. The van der Waals surface area contributed by atoms with Crippen LogP contribution in [-0.2, 0) is 0 Å². The highest BCUT2D eigenvalue weighted by atomic mass is 16.3. The molecule has 0 atom stereocenters. The molecule has 4 aromatic carbocycles. The normalized spacial score (nSPS) is 10.9. The second-order valence-electron chi connectivity index (χ2n) is 8.11. The zero-order valence-corrected chi connectivity index (χ0v) is 17.8. The summed E-state index contributed by atoms with van der Waals surface area (Å²) in [6.07, 6.45) is 0. The van der Waals surface area contributed by atoms with Crippen LogP contribution in [0.4, 0.5) is 0 Å². The van der Waals surface area contributed by atoms with Gasteiger partial charge in [-0.3, -0.25) is 0 Å². The monoisotopic (exact) mass is 394 g/mol. The molecule has 0 radical (unpaired) electrons. The van der Waals surface area contributed by atoms with Crippen molar-refractivity contribution in [1.29, 1.82) is 0 Å². The van der Waals surface area contributed by atoms with Crippen molar-refractivity contribution in [3.05, 3.63) is 95.1 Å². The van der Waals surface area contributed by atoms with Crippen LogP contribution in [0.3, 0.4) is 0 Å². The largest absolute Gasteiger partial charge is 0.507 e. The van der Waals surface area contributed by atoms with Crippen molar-refractivity contribution in [1.82, 2.24) is 0 Å². The Hall–Kier alpha value is -3.52. The first-order valence-electron chi connectivity index (χ1n) is 10.1. The molecule has 0 unspecified atom stereocenters. The number of hydrogen-bond acceptors (Lipinski definition) is 2. The molecule has 0 spiro atoms. The summed E-state index contributed by atoms with van der Waals surface area (Å²) in [5.74, 6) is 0.392. The Labute approximate surface area is 178 Å². The van der Waals surface area contributed by atoms with Gasteiger partial charge in [-0.2, -0.15) is 0 Å². The smallest absolute Gasteiger partial charge is 0.126 e. The third-order valence-electron chi connectivity index (χ3n) is 5.66. The number of benzene rings is 4. The Morgan fingerprint density at radius 1 is 0.433 bits per heavy atom. The topological polar surface area (TPSA) is 40.5 Å². The number of aryl methyl sites for hydroxylation is 4. The second-order valence-corrected chi connectivity index (χ2v) is 8.11. The van der Waals surface area contributed by atoms with Crippen LogP contribution in [0.5, 0.6) is 11.5 Å². The molecule has 0 bridgehead atoms. The molecule has 2 N–H and O–H groups in total. The predicted molar refractivity (Wildman–Crippen MR) is 125 cm³/mol. The zero-order chi connectivity index (χ0) is 21.4. The summed E-state index contributed by atoms with van der Waals surface area (Å²) >= 11 is 0. The second kappa shape index (κ2) is 7.72. The first-order chi connectivity index (χ1) is 14.3. The lowest BCUT2D eigenvalue weighted by Crippen LogP contribution is -1.90. The van der Waals surface area contributed by atoms with Gasteiger partial charge in [-0.1, -0.05) is 59.7 Å². The Morgan fingerprint density at radius 2 is 0.767 bits per heavy atom. The molecule has 0 aliphatic rings. The van der Waals surface area contributed by atoms with E-state index < -0.39 is 0 Å². The summed E-state index contributed by atoms with van der Waals surface area (Å²) in [5.41, 5.74) is 9.42. The molecule has 30 heavy (non-hydrogen) atoms. The van der Waals surface area contributed by atoms with E-state index in [1.54, 1.807) is 0 Å². The summed E-state index contributed by atoms with van der Waals surface area (Å²) in [6, 6.07) is 24.5. The highest BCUT2D eigenvalue weighted by molar-refractivity contribution is 5.85. The molecule has 0 saturated carbocycles. The highest BCUT2D eigenvalue weighted by Gasteiger charge is 2.16. The molecule has 0 aliphatic heterocycles. The van der Waals surface area contributed by atoms with Gasteiger partial charge in [0.2, 0.25) is 0 Å². The number of aromatic hydroxyl groups is 2. The van der Waals surface area contributed by atoms with E-state index in [0.29, 0.717) is 11.1 Å². The van der Waals surface area contributed by atoms with Gasteiger partial charge in [0.25, 0.3) is 0 Å². The van der Waals surface area contributed by atoms with Gasteiger partial charge < -0.3 is 10.2 Å². The van der Waals surface area contributed by atoms with Crippen molar-refractivity contribution in [3.8, 4) is 44.9 Å². The molecule has 0 saturated heterocycles. The van der Waals surface area contributed by atoms with Gasteiger partial charge >= 0.3 is 0 Å². The maximum atomic E-state index is 10.9. The lowest BCUT2D eigenvalue weighted by Gasteiger charge is -2.16. The minimum absolute atomic E-state index is 0.196. The van der Waals surface area contributed by atoms with Gasteiger partial charge in [0.1, 0.15) is 11.5 Å². The van der Waals surface area contributed by atoms with Crippen molar-refractivity contribution < 1.29 is 10.2 Å². The van der Waals surface area contributed by atoms with Gasteiger partial charge in [0.15, 0.2) is 0 Å². The van der Waals surface area contributed by atoms with E-state index in [0.717, 1.165) is 33.4 Å². The Kier molecular flexibility index (Phi) is 5.09. The van der Waals surface area contributed by atoms with Crippen molar-refractivity contribution in [2.45, 2.75) is 27.7 Å². The van der Waals surface area contributed by atoms with Crippen LogP contribution >= 0.6 is 0 Å². The first-order valence-corrected chi connectivity index (χ1v) is 10.1. The summed E-state index contributed by atoms with van der Waals surface area (Å²) in [6.45, 7) is 7.91. The van der Waals surface area contributed by atoms with Crippen molar-refractivity contribution in [2.75, 3.05) is 0 Å². The first kappa shape index (κ1) is 19.8. The van der Waals surface area contributed by atoms with Gasteiger partial charge in [0.05, 0.1) is 0 Å². The molecule has 2 heteroatoms. The summed E-state index contributed by atoms with van der Waals surface area (Å²) in [5, 5.41) is 21.7. The predicted octanol–water partition coefficient (Wildman–Crippen LogP) is 7.33. The Morgan fingerprint density at radius 3 is 1.10 bits per heavy atom. The summed E-state index contributed by atoms with van der Waals surface area (Å²) < 4.78 is 0. The van der Waals surface area contributed by atoms with Gasteiger partial charge in [0, 0.05) is 11.1 Å². The Balaban J connectivity index is 1.91. The lowest BCUT2D eigenvalue weighted by molar-refractivity contribution is 0.465. The molecule has 4 rings (SSSR count). The van der Waals surface area contributed by atoms with Crippen LogP contribution in [0.1, 0.15) is 22.3 Å². The summed E-state index contributed by atoms with van der Waals surface area (Å²) in [4.78, 5) is 0. The molecule has 0 aliphatic carbocycles. The van der Waals surface area contributed by atoms with Crippen molar-refractivity contribution >= 4 is 0 Å². The van der Waals surface area contributed by atoms with E-state index >= 15 is 0 Å². The van der Waals surface area contributed by atoms with E-state index in [9.17, 15) is 10.2 Å². The standard InChI is InChI=1S/C28H26O2/c1-17-5-9-21(10-6-17)23-13-19(3)27(29)25(15-23)26-16-24(14-20(4)28(26)30)22-11-7-18(2)8-12-22/h5-16,29-30H,1-4H3. The van der Waals surface area contributed by atoms with Crippen LogP contribution in [0, 0.1) is 27.7 Å². The molecule has 0 fully saturated rings. The third kappa shape index (κ3) is 3.69. The average Bonchev–Trinajstić information content (AvgIpc) is 2.73. The number of phenols is 2. The molecule has 0 heterocycles. The molecular weight excluding hydrogens is 368 g/mol. The van der Waals surface area contributed by atoms with E-state index in [1.165, 1.54) is 11.1 Å². The minimum atomic E-state index is 0.196. The SMILES string of the molecule is Cc1ccc(-c2cc(C)c(O)c(-c3cc(-c4ccc(C)cc4)cc(C)c3O)c2)cc1. The fraction of sp³-hybridized carbons (Fsp3) is 0.143. The van der Waals surface area contributed by atoms with E-state index in [-0.39, 0.29) is 11.5 Å². The van der Waals surface area contributed by atoms with Crippen LogP contribution < -0.4 is 0 Å². The maximum Gasteiger partial charge on any atom is 0.126 e. The quantitative estimate of drug-likeness (QED) is 0.382. The van der Waals surface area contributed by atoms with Gasteiger partial charge in [-0.15, -0.1) is 0 Å². The molecule has 150 valence electrons. The Bertz CT molecular complexity index is 1120.